The second-order valence-electron chi connectivity index (χ2n) is 2.39. The van der Waals surface area contributed by atoms with Gasteiger partial charge in [0.2, 0.25) is 0 Å². The molecule has 0 aliphatic rings. The SMILES string of the molecule is Cc1ccc(OC(N)=O)c(O)c1. The summed E-state index contributed by atoms with van der Waals surface area (Å²) >= 11 is 0. The molecular formula is C8H9NO3. The molecule has 1 amide bonds. The Kier molecular flexibility index (Phi) is 2.19. The van der Waals surface area contributed by atoms with E-state index in [2.05, 4.69) is 4.74 Å². The minimum Gasteiger partial charge on any atom is -0.504 e. The van der Waals surface area contributed by atoms with E-state index < -0.39 is 6.09 Å². The lowest BCUT2D eigenvalue weighted by molar-refractivity contribution is 0.209. The maximum Gasteiger partial charge on any atom is 0.410 e. The van der Waals surface area contributed by atoms with Crippen molar-refractivity contribution in [2.75, 3.05) is 0 Å². The van der Waals surface area contributed by atoms with E-state index in [0.717, 1.165) is 5.56 Å². The van der Waals surface area contributed by atoms with E-state index in [9.17, 15) is 9.90 Å². The molecule has 0 radical (unpaired) electrons. The van der Waals surface area contributed by atoms with Crippen LogP contribution in [0.3, 0.4) is 0 Å². The number of phenols is 1. The summed E-state index contributed by atoms with van der Waals surface area (Å²) in [5.74, 6) is -0.0121. The number of primary amides is 1. The lowest BCUT2D eigenvalue weighted by Crippen LogP contribution is -2.16. The Morgan fingerprint density at radius 3 is 2.75 bits per heavy atom. The van der Waals surface area contributed by atoms with Crippen LogP contribution in [0.2, 0.25) is 0 Å². The Balaban J connectivity index is 2.93. The maximum atomic E-state index is 10.3. The molecule has 0 aliphatic heterocycles. The van der Waals surface area contributed by atoms with Crippen molar-refractivity contribution in [2.45, 2.75) is 6.92 Å². The summed E-state index contributed by atoms with van der Waals surface area (Å²) in [6.07, 6.45) is -0.936. The zero-order chi connectivity index (χ0) is 9.14. The molecular weight excluding hydrogens is 158 g/mol. The number of aryl methyl sites for hydroxylation is 1. The molecule has 0 aromatic heterocycles. The van der Waals surface area contributed by atoms with E-state index in [4.69, 9.17) is 5.73 Å². The fourth-order valence-corrected chi connectivity index (χ4v) is 0.822. The van der Waals surface area contributed by atoms with Gasteiger partial charge in [0.1, 0.15) is 0 Å². The molecule has 0 atom stereocenters. The molecule has 1 aromatic rings. The highest BCUT2D eigenvalue weighted by molar-refractivity contribution is 5.69. The summed E-state index contributed by atoms with van der Waals surface area (Å²) < 4.78 is 4.49. The number of hydrogen-bond donors (Lipinski definition) is 2. The standard InChI is InChI=1S/C8H9NO3/c1-5-2-3-7(6(10)4-5)12-8(9)11/h2-4,10H,1H3,(H2,9,11). The molecule has 1 aromatic carbocycles. The Morgan fingerprint density at radius 1 is 1.58 bits per heavy atom. The zero-order valence-corrected chi connectivity index (χ0v) is 6.57. The summed E-state index contributed by atoms with van der Waals surface area (Å²) in [4.78, 5) is 10.3. The first kappa shape index (κ1) is 8.39. The predicted molar refractivity (Wildman–Crippen MR) is 43.1 cm³/mol. The van der Waals surface area contributed by atoms with Gasteiger partial charge in [0, 0.05) is 0 Å². The van der Waals surface area contributed by atoms with E-state index in [1.807, 2.05) is 6.92 Å². The Hall–Kier alpha value is -1.71. The highest BCUT2D eigenvalue weighted by atomic mass is 16.6. The average molecular weight is 167 g/mol. The van der Waals surface area contributed by atoms with E-state index in [1.165, 1.54) is 12.1 Å². The number of amides is 1. The zero-order valence-electron chi connectivity index (χ0n) is 6.57. The largest absolute Gasteiger partial charge is 0.504 e. The van der Waals surface area contributed by atoms with E-state index in [-0.39, 0.29) is 11.5 Å². The molecule has 12 heavy (non-hydrogen) atoms. The number of rotatable bonds is 1. The normalized spacial score (nSPS) is 9.42. The van der Waals surface area contributed by atoms with Crippen LogP contribution in [-0.4, -0.2) is 11.2 Å². The minimum atomic E-state index is -0.936. The number of nitrogens with two attached hydrogens (primary N) is 1. The van der Waals surface area contributed by atoms with Gasteiger partial charge in [0.15, 0.2) is 11.5 Å². The van der Waals surface area contributed by atoms with Gasteiger partial charge in [-0.25, -0.2) is 4.79 Å². The van der Waals surface area contributed by atoms with Crippen LogP contribution in [0.15, 0.2) is 18.2 Å². The van der Waals surface area contributed by atoms with Crippen molar-refractivity contribution in [1.82, 2.24) is 0 Å². The smallest absolute Gasteiger partial charge is 0.410 e. The number of carbonyl (C=O) groups excluding carboxylic acids is 1. The Labute approximate surface area is 69.6 Å². The van der Waals surface area contributed by atoms with Crippen molar-refractivity contribution in [3.63, 3.8) is 0 Å². The second-order valence-corrected chi connectivity index (χ2v) is 2.39. The van der Waals surface area contributed by atoms with Gasteiger partial charge in [-0.1, -0.05) is 6.07 Å². The lowest BCUT2D eigenvalue weighted by Gasteiger charge is -2.03. The first-order valence-corrected chi connectivity index (χ1v) is 3.36. The van der Waals surface area contributed by atoms with Crippen molar-refractivity contribution in [2.24, 2.45) is 5.73 Å². The summed E-state index contributed by atoms with van der Waals surface area (Å²) in [6, 6.07) is 4.67. The number of phenolic OH excluding ortho intramolecular Hbond substituents is 1. The number of ether oxygens (including phenoxy) is 1. The van der Waals surface area contributed by atoms with Crippen LogP contribution < -0.4 is 10.5 Å². The third kappa shape index (κ3) is 1.88. The maximum absolute atomic E-state index is 10.3. The molecule has 1 rings (SSSR count). The van der Waals surface area contributed by atoms with E-state index >= 15 is 0 Å². The van der Waals surface area contributed by atoms with Crippen LogP contribution in [0.25, 0.3) is 0 Å². The van der Waals surface area contributed by atoms with Gasteiger partial charge in [0.25, 0.3) is 0 Å². The lowest BCUT2D eigenvalue weighted by atomic mass is 10.2. The molecule has 0 fully saturated rings. The summed E-state index contributed by atoms with van der Waals surface area (Å²) in [7, 11) is 0. The molecule has 0 saturated carbocycles. The van der Waals surface area contributed by atoms with Gasteiger partial charge in [-0.15, -0.1) is 0 Å². The van der Waals surface area contributed by atoms with E-state index in [0.29, 0.717) is 0 Å². The Bertz CT molecular complexity index is 309. The highest BCUT2D eigenvalue weighted by Gasteiger charge is 2.04. The fraction of sp³-hybridized carbons (Fsp3) is 0.125. The first-order valence-electron chi connectivity index (χ1n) is 3.36. The van der Waals surface area contributed by atoms with Crippen LogP contribution in [0, 0.1) is 6.92 Å². The number of carbonyl (C=O) groups is 1. The van der Waals surface area contributed by atoms with Crippen LogP contribution in [0.4, 0.5) is 4.79 Å². The third-order valence-electron chi connectivity index (χ3n) is 1.32. The summed E-state index contributed by atoms with van der Waals surface area (Å²) in [5.41, 5.74) is 5.64. The number of hydrogen-bond acceptors (Lipinski definition) is 3. The van der Waals surface area contributed by atoms with Gasteiger partial charge < -0.3 is 15.6 Å². The van der Waals surface area contributed by atoms with Crippen molar-refractivity contribution in [3.8, 4) is 11.5 Å². The Morgan fingerprint density at radius 2 is 2.25 bits per heavy atom. The molecule has 0 heterocycles. The highest BCUT2D eigenvalue weighted by Crippen LogP contribution is 2.26. The molecule has 4 heteroatoms. The second kappa shape index (κ2) is 3.13. The van der Waals surface area contributed by atoms with Gasteiger partial charge in [0.05, 0.1) is 0 Å². The molecule has 0 aliphatic carbocycles. The molecule has 0 bridgehead atoms. The van der Waals surface area contributed by atoms with E-state index in [1.54, 1.807) is 6.07 Å². The van der Waals surface area contributed by atoms with Crippen LogP contribution >= 0.6 is 0 Å². The van der Waals surface area contributed by atoms with Crippen molar-refractivity contribution >= 4 is 6.09 Å². The van der Waals surface area contributed by atoms with Gasteiger partial charge >= 0.3 is 6.09 Å². The quantitative estimate of drug-likeness (QED) is 0.659. The van der Waals surface area contributed by atoms with Gasteiger partial charge in [-0.05, 0) is 24.6 Å². The molecule has 0 saturated heterocycles. The minimum absolute atomic E-state index is 0.0769. The molecule has 0 spiro atoms. The van der Waals surface area contributed by atoms with Gasteiger partial charge in [-0.2, -0.15) is 0 Å². The fourth-order valence-electron chi connectivity index (χ4n) is 0.822. The van der Waals surface area contributed by atoms with Crippen molar-refractivity contribution in [1.29, 1.82) is 0 Å². The van der Waals surface area contributed by atoms with Gasteiger partial charge in [-0.3, -0.25) is 0 Å². The topological polar surface area (TPSA) is 72.5 Å². The molecule has 3 N–H and O–H groups in total. The first-order chi connectivity index (χ1) is 5.59. The average Bonchev–Trinajstić information content (AvgIpc) is 1.94. The molecule has 4 nitrogen and oxygen atoms in total. The molecule has 64 valence electrons. The van der Waals surface area contributed by atoms with Crippen LogP contribution in [-0.2, 0) is 0 Å². The van der Waals surface area contributed by atoms with Crippen molar-refractivity contribution < 1.29 is 14.6 Å². The summed E-state index contributed by atoms with van der Waals surface area (Å²) in [6.45, 7) is 1.81. The van der Waals surface area contributed by atoms with Crippen LogP contribution in [0.5, 0.6) is 11.5 Å². The van der Waals surface area contributed by atoms with Crippen molar-refractivity contribution in [3.05, 3.63) is 23.8 Å². The number of aromatic hydroxyl groups is 1. The monoisotopic (exact) mass is 167 g/mol. The summed E-state index contributed by atoms with van der Waals surface area (Å²) in [5, 5.41) is 9.21. The predicted octanol–water partition coefficient (Wildman–Crippen LogP) is 1.16. The third-order valence-corrected chi connectivity index (χ3v) is 1.32. The molecule has 0 unspecified atom stereocenters. The number of benzene rings is 1. The van der Waals surface area contributed by atoms with Crippen LogP contribution in [0.1, 0.15) is 5.56 Å².